The fraction of sp³-hybridized carbons (Fsp3) is 0.400. The lowest BCUT2D eigenvalue weighted by Crippen LogP contribution is -2.19. The fourth-order valence-corrected chi connectivity index (χ4v) is 3.22. The van der Waals surface area contributed by atoms with Crippen molar-refractivity contribution in [1.82, 2.24) is 4.72 Å². The van der Waals surface area contributed by atoms with E-state index in [1.165, 1.54) is 12.3 Å². The van der Waals surface area contributed by atoms with Crippen LogP contribution in [0.4, 0.5) is 0 Å². The maximum absolute atomic E-state index is 12.0. The molecule has 2 rings (SSSR count). The highest BCUT2D eigenvalue weighted by molar-refractivity contribution is 7.89. The average molecular weight is 293 g/mol. The van der Waals surface area contributed by atoms with Crippen LogP contribution in [0.1, 0.15) is 31.2 Å². The monoisotopic (exact) mass is 293 g/mol. The molecule has 1 aromatic carbocycles. The van der Waals surface area contributed by atoms with Crippen LogP contribution >= 0.6 is 0 Å². The topological polar surface area (TPSA) is 63.2 Å². The van der Waals surface area contributed by atoms with Crippen LogP contribution in [0.15, 0.2) is 41.4 Å². The zero-order chi connectivity index (χ0) is 14.6. The summed E-state index contributed by atoms with van der Waals surface area (Å²) in [6, 6.07) is 6.57. The van der Waals surface area contributed by atoms with E-state index in [4.69, 9.17) is 0 Å². The van der Waals surface area contributed by atoms with Gasteiger partial charge in [0.05, 0.1) is 4.90 Å². The van der Waals surface area contributed by atoms with Crippen LogP contribution in [0.3, 0.4) is 0 Å². The van der Waals surface area contributed by atoms with E-state index in [0.717, 1.165) is 31.2 Å². The van der Waals surface area contributed by atoms with Gasteiger partial charge >= 0.3 is 0 Å². The SMILES string of the molecule is Cc1ccc(S(=O)(=O)N/C=C\C(=O)C2CCCC2)cc1. The number of hydrogen-bond donors (Lipinski definition) is 1. The highest BCUT2D eigenvalue weighted by Gasteiger charge is 2.20. The Morgan fingerprint density at radius 1 is 1.20 bits per heavy atom. The van der Waals surface area contributed by atoms with Gasteiger partial charge in [-0.25, -0.2) is 8.42 Å². The number of sulfonamides is 1. The maximum atomic E-state index is 12.0. The summed E-state index contributed by atoms with van der Waals surface area (Å²) in [4.78, 5) is 12.0. The summed E-state index contributed by atoms with van der Waals surface area (Å²) in [6.07, 6.45) is 6.55. The third-order valence-corrected chi connectivity index (χ3v) is 4.90. The van der Waals surface area contributed by atoms with Crippen molar-refractivity contribution in [3.8, 4) is 0 Å². The summed E-state index contributed by atoms with van der Waals surface area (Å²) < 4.78 is 26.3. The molecule has 4 nitrogen and oxygen atoms in total. The molecule has 0 aliphatic heterocycles. The largest absolute Gasteiger partial charge is 0.294 e. The molecule has 5 heteroatoms. The number of hydrogen-bond acceptors (Lipinski definition) is 3. The molecule has 1 aliphatic rings. The van der Waals surface area contributed by atoms with Crippen molar-refractivity contribution in [3.05, 3.63) is 42.1 Å². The third-order valence-electron chi connectivity index (χ3n) is 3.56. The second kappa shape index (κ2) is 6.22. The third kappa shape index (κ3) is 3.70. The molecule has 1 fully saturated rings. The van der Waals surface area contributed by atoms with Crippen molar-refractivity contribution in [3.63, 3.8) is 0 Å². The number of allylic oxidation sites excluding steroid dienone is 1. The summed E-state index contributed by atoms with van der Waals surface area (Å²) in [5.41, 5.74) is 0.996. The summed E-state index contributed by atoms with van der Waals surface area (Å²) >= 11 is 0. The molecule has 1 aromatic rings. The molecule has 0 radical (unpaired) electrons. The molecule has 0 aromatic heterocycles. The number of carbonyl (C=O) groups excluding carboxylic acids is 1. The molecule has 20 heavy (non-hydrogen) atoms. The van der Waals surface area contributed by atoms with Crippen LogP contribution in [-0.2, 0) is 14.8 Å². The highest BCUT2D eigenvalue weighted by atomic mass is 32.2. The van der Waals surface area contributed by atoms with Crippen molar-refractivity contribution in [2.24, 2.45) is 5.92 Å². The molecule has 0 spiro atoms. The van der Waals surface area contributed by atoms with E-state index in [9.17, 15) is 13.2 Å². The zero-order valence-electron chi connectivity index (χ0n) is 11.5. The minimum Gasteiger partial charge on any atom is -0.294 e. The smallest absolute Gasteiger partial charge is 0.261 e. The Kier molecular flexibility index (Phi) is 4.60. The lowest BCUT2D eigenvalue weighted by Gasteiger charge is -2.05. The van der Waals surface area contributed by atoms with Crippen LogP contribution < -0.4 is 4.72 Å². The molecule has 0 atom stereocenters. The number of aryl methyl sites for hydroxylation is 1. The minimum absolute atomic E-state index is 0.00843. The number of ketones is 1. The summed E-state index contributed by atoms with van der Waals surface area (Å²) in [5.74, 6) is 0.0734. The van der Waals surface area contributed by atoms with E-state index in [1.807, 2.05) is 6.92 Å². The van der Waals surface area contributed by atoms with Crippen LogP contribution in [0.2, 0.25) is 0 Å². The first-order chi connectivity index (χ1) is 9.49. The van der Waals surface area contributed by atoms with Crippen molar-refractivity contribution < 1.29 is 13.2 Å². The number of carbonyl (C=O) groups is 1. The lowest BCUT2D eigenvalue weighted by molar-refractivity contribution is -0.118. The summed E-state index contributed by atoms with van der Waals surface area (Å²) in [6.45, 7) is 1.89. The molecular formula is C15H19NO3S. The van der Waals surface area contributed by atoms with E-state index in [1.54, 1.807) is 24.3 Å². The molecule has 0 amide bonds. The van der Waals surface area contributed by atoms with Gasteiger partial charge in [-0.15, -0.1) is 0 Å². The van der Waals surface area contributed by atoms with Gasteiger partial charge in [-0.3, -0.25) is 9.52 Å². The Morgan fingerprint density at radius 2 is 1.80 bits per heavy atom. The van der Waals surface area contributed by atoms with Crippen molar-refractivity contribution in [2.45, 2.75) is 37.5 Å². The summed E-state index contributed by atoms with van der Waals surface area (Å²) in [7, 11) is -3.59. The standard InChI is InChI=1S/C15H19NO3S/c1-12-6-8-14(9-7-12)20(18,19)16-11-10-15(17)13-4-2-3-5-13/h6-11,13,16H,2-5H2,1H3/b11-10-. The van der Waals surface area contributed by atoms with Crippen LogP contribution in [-0.4, -0.2) is 14.2 Å². The van der Waals surface area contributed by atoms with Gasteiger partial charge in [-0.1, -0.05) is 30.5 Å². The number of rotatable bonds is 5. The van der Waals surface area contributed by atoms with Crippen molar-refractivity contribution in [2.75, 3.05) is 0 Å². The van der Waals surface area contributed by atoms with Crippen molar-refractivity contribution in [1.29, 1.82) is 0 Å². The van der Waals surface area contributed by atoms with Crippen LogP contribution in [0.5, 0.6) is 0 Å². The molecule has 1 N–H and O–H groups in total. The maximum Gasteiger partial charge on any atom is 0.261 e. The fourth-order valence-electron chi connectivity index (χ4n) is 2.34. The predicted molar refractivity (Wildman–Crippen MR) is 77.6 cm³/mol. The predicted octanol–water partition coefficient (Wildman–Crippen LogP) is 2.55. The zero-order valence-corrected chi connectivity index (χ0v) is 12.3. The van der Waals surface area contributed by atoms with Gasteiger partial charge in [0.25, 0.3) is 10.0 Å². The first-order valence-electron chi connectivity index (χ1n) is 6.78. The second-order valence-corrected chi connectivity index (χ2v) is 6.87. The Labute approximate surface area is 119 Å². The van der Waals surface area contributed by atoms with Gasteiger partial charge in [-0.05, 0) is 38.0 Å². The van der Waals surface area contributed by atoms with Gasteiger partial charge in [0.1, 0.15) is 0 Å². The Morgan fingerprint density at radius 3 is 2.40 bits per heavy atom. The Hall–Kier alpha value is -1.62. The van der Waals surface area contributed by atoms with E-state index < -0.39 is 10.0 Å². The quantitative estimate of drug-likeness (QED) is 0.849. The minimum atomic E-state index is -3.59. The van der Waals surface area contributed by atoms with Crippen LogP contribution in [0.25, 0.3) is 0 Å². The van der Waals surface area contributed by atoms with Gasteiger partial charge in [0.15, 0.2) is 5.78 Å². The Bertz CT molecular complexity index is 597. The molecule has 0 saturated heterocycles. The average Bonchev–Trinajstić information content (AvgIpc) is 2.93. The van der Waals surface area contributed by atoms with E-state index in [0.29, 0.717) is 0 Å². The van der Waals surface area contributed by atoms with Gasteiger partial charge in [0.2, 0.25) is 0 Å². The van der Waals surface area contributed by atoms with E-state index >= 15 is 0 Å². The first kappa shape index (κ1) is 14.8. The molecule has 108 valence electrons. The molecule has 1 saturated carbocycles. The molecule has 0 heterocycles. The number of nitrogens with one attached hydrogen (secondary N) is 1. The molecular weight excluding hydrogens is 274 g/mol. The summed E-state index contributed by atoms with van der Waals surface area (Å²) in [5, 5.41) is 0. The van der Waals surface area contributed by atoms with Crippen LogP contribution in [0, 0.1) is 12.8 Å². The van der Waals surface area contributed by atoms with E-state index in [2.05, 4.69) is 4.72 Å². The molecule has 0 unspecified atom stereocenters. The Balaban J connectivity index is 1.98. The molecule has 1 aliphatic carbocycles. The molecule has 0 bridgehead atoms. The van der Waals surface area contributed by atoms with E-state index in [-0.39, 0.29) is 16.6 Å². The highest BCUT2D eigenvalue weighted by Crippen LogP contribution is 2.25. The lowest BCUT2D eigenvalue weighted by atomic mass is 10.0. The number of benzene rings is 1. The van der Waals surface area contributed by atoms with Gasteiger partial charge < -0.3 is 0 Å². The van der Waals surface area contributed by atoms with Gasteiger partial charge in [0, 0.05) is 12.1 Å². The van der Waals surface area contributed by atoms with Crippen molar-refractivity contribution >= 4 is 15.8 Å². The second-order valence-electron chi connectivity index (χ2n) is 5.15. The normalized spacial score (nSPS) is 16.6. The van der Waals surface area contributed by atoms with Gasteiger partial charge in [-0.2, -0.15) is 0 Å². The first-order valence-corrected chi connectivity index (χ1v) is 8.27.